The van der Waals surface area contributed by atoms with E-state index in [0.717, 1.165) is 19.4 Å². The number of nitrogens with one attached hydrogen (secondary N) is 1. The lowest BCUT2D eigenvalue weighted by Crippen LogP contribution is -2.54. The van der Waals surface area contributed by atoms with Gasteiger partial charge in [0.2, 0.25) is 0 Å². The van der Waals surface area contributed by atoms with Crippen LogP contribution in [0.2, 0.25) is 0 Å². The number of nitrogens with zero attached hydrogens (tertiary/aromatic N) is 2. The van der Waals surface area contributed by atoms with Crippen molar-refractivity contribution in [3.63, 3.8) is 0 Å². The fraction of sp³-hybridized carbons (Fsp3) is 0.960. The van der Waals surface area contributed by atoms with Gasteiger partial charge in [-0.25, -0.2) is 10.0 Å². The Bertz CT molecular complexity index is 429. The van der Waals surface area contributed by atoms with Gasteiger partial charge in [0.05, 0.1) is 20.7 Å². The van der Waals surface area contributed by atoms with E-state index in [9.17, 15) is 20.4 Å². The van der Waals surface area contributed by atoms with Crippen molar-refractivity contribution in [1.29, 1.82) is 0 Å². The lowest BCUT2D eigenvalue weighted by Gasteiger charge is -2.51. The number of hydrogen-bond acceptors (Lipinski definition) is 5. The minimum Gasteiger partial charge on any atom is -0.630 e. The van der Waals surface area contributed by atoms with Crippen LogP contribution in [-0.2, 0) is 4.79 Å². The van der Waals surface area contributed by atoms with Crippen LogP contribution in [0.1, 0.15) is 123 Å². The highest BCUT2D eigenvalue weighted by Crippen LogP contribution is 2.13. The van der Waals surface area contributed by atoms with Gasteiger partial charge in [-0.1, -0.05) is 104 Å². The number of unbranched alkanes of at least 4 members (excludes halogenated alkanes) is 14. The molecule has 0 radical (unpaired) electrons. The minimum absolute atomic E-state index is 0.207. The van der Waals surface area contributed by atoms with Crippen LogP contribution >= 0.6 is 0 Å². The summed E-state index contributed by atoms with van der Waals surface area (Å²) in [6.45, 7) is 3.94. The van der Waals surface area contributed by atoms with Crippen molar-refractivity contribution in [2.45, 2.75) is 123 Å². The Balaban J connectivity index is 0. The van der Waals surface area contributed by atoms with Gasteiger partial charge in [0.25, 0.3) is 5.91 Å². The Labute approximate surface area is 203 Å². The molecule has 0 aliphatic heterocycles. The van der Waals surface area contributed by atoms with Gasteiger partial charge in [-0.3, -0.25) is 4.79 Å². The SMILES string of the molecule is CCCCCCCCCCCCCCCCCC(=O)N[N+](C)(C)CCC.[O-][N+]([O-])([O-])CCO. The minimum atomic E-state index is -2.91. The molecule has 0 heterocycles. The summed E-state index contributed by atoms with van der Waals surface area (Å²) in [5, 5.41) is 35.9. The zero-order chi connectivity index (χ0) is 25.4. The van der Waals surface area contributed by atoms with Crippen molar-refractivity contribution >= 4 is 5.91 Å². The van der Waals surface area contributed by atoms with Crippen LogP contribution in [0, 0.1) is 15.6 Å². The molecule has 33 heavy (non-hydrogen) atoms. The first-order valence-corrected chi connectivity index (χ1v) is 13.3. The van der Waals surface area contributed by atoms with Crippen LogP contribution in [0.25, 0.3) is 0 Å². The average Bonchev–Trinajstić information content (AvgIpc) is 2.70. The Hall–Kier alpha value is -0.770. The monoisotopic (exact) mass is 476 g/mol. The predicted molar refractivity (Wildman–Crippen MR) is 137 cm³/mol. The van der Waals surface area contributed by atoms with Crippen molar-refractivity contribution in [2.75, 3.05) is 33.8 Å². The summed E-state index contributed by atoms with van der Waals surface area (Å²) in [5.41, 5.74) is 3.11. The van der Waals surface area contributed by atoms with E-state index < -0.39 is 18.1 Å². The highest BCUT2D eigenvalue weighted by molar-refractivity contribution is 5.74. The van der Waals surface area contributed by atoms with Crippen LogP contribution in [0.3, 0.4) is 0 Å². The van der Waals surface area contributed by atoms with Crippen LogP contribution in [0.15, 0.2) is 0 Å². The number of rotatable bonds is 21. The molecular weight excluding hydrogens is 422 g/mol. The van der Waals surface area contributed by atoms with Gasteiger partial charge in [0.15, 0.2) is 0 Å². The van der Waals surface area contributed by atoms with Crippen LogP contribution in [-0.4, -0.2) is 54.4 Å². The lowest BCUT2D eigenvalue weighted by atomic mass is 10.0. The quantitative estimate of drug-likeness (QED) is 0.119. The Kier molecular flexibility index (Phi) is 24.0. The molecule has 0 aromatic carbocycles. The number of hydroxylamine groups is 3. The van der Waals surface area contributed by atoms with Crippen molar-refractivity contribution < 1.29 is 19.5 Å². The van der Waals surface area contributed by atoms with Crippen molar-refractivity contribution in [1.82, 2.24) is 5.43 Å². The topological polar surface area (TPSA) is 119 Å². The normalized spacial score (nSPS) is 11.8. The van der Waals surface area contributed by atoms with Crippen molar-refractivity contribution in [3.05, 3.63) is 15.6 Å². The maximum absolute atomic E-state index is 11.9. The van der Waals surface area contributed by atoms with Crippen LogP contribution in [0.5, 0.6) is 0 Å². The van der Waals surface area contributed by atoms with E-state index in [1.54, 1.807) is 0 Å². The Morgan fingerprint density at radius 3 is 1.36 bits per heavy atom. The third-order valence-electron chi connectivity index (χ3n) is 5.59. The first-order valence-electron chi connectivity index (χ1n) is 13.3. The first-order chi connectivity index (χ1) is 15.6. The number of quaternary nitrogens is 2. The molecule has 0 aromatic rings. The average molecular weight is 477 g/mol. The van der Waals surface area contributed by atoms with Gasteiger partial charge in [-0.2, -0.15) is 0 Å². The predicted octanol–water partition coefficient (Wildman–Crippen LogP) is 6.05. The molecule has 8 heteroatoms. The molecule has 0 atom stereocenters. The molecule has 1 amide bonds. The van der Waals surface area contributed by atoms with Gasteiger partial charge in [-0.15, -0.1) is 0 Å². The molecular formula is C25H54N3O5-. The number of aliphatic hydroxyl groups excluding tert-OH is 1. The fourth-order valence-electron chi connectivity index (χ4n) is 3.79. The fourth-order valence-corrected chi connectivity index (χ4v) is 3.79. The standard InChI is InChI=1S/C23H48N2O.C2H5NO4/c1-5-7-8-9-10-11-12-13-14-15-16-17-18-19-20-21-23(26)24-25(3,4)22-6-2;4-2-1-3(5,6)7/h5-22H2,1-4H3;4H,1-2H2/q;-2/p+1. The van der Waals surface area contributed by atoms with E-state index in [1.165, 1.54) is 89.9 Å². The summed E-state index contributed by atoms with van der Waals surface area (Å²) < 4.78 is 0.605. The molecule has 8 nitrogen and oxygen atoms in total. The van der Waals surface area contributed by atoms with E-state index >= 15 is 0 Å². The summed E-state index contributed by atoms with van der Waals surface area (Å²) in [7, 11) is 4.13. The van der Waals surface area contributed by atoms with Gasteiger partial charge in [-0.05, 0) is 12.8 Å². The molecule has 0 saturated carbocycles. The second-order valence-corrected chi connectivity index (χ2v) is 9.70. The molecule has 2 N–H and O–H groups in total. The number of hydrogen-bond donors (Lipinski definition) is 2. The zero-order valence-electron chi connectivity index (χ0n) is 22.1. The molecule has 0 aliphatic carbocycles. The summed E-state index contributed by atoms with van der Waals surface area (Å²) >= 11 is 0. The van der Waals surface area contributed by atoms with E-state index in [0.29, 0.717) is 11.0 Å². The van der Waals surface area contributed by atoms with E-state index in [-0.39, 0.29) is 5.91 Å². The molecule has 0 rings (SSSR count). The van der Waals surface area contributed by atoms with E-state index in [4.69, 9.17) is 5.11 Å². The number of carbonyl (C=O) groups is 1. The first kappa shape index (κ1) is 34.4. The molecule has 0 saturated heterocycles. The summed E-state index contributed by atoms with van der Waals surface area (Å²) in [6.07, 6.45) is 22.3. The largest absolute Gasteiger partial charge is 0.630 e. The molecule has 0 aliphatic rings. The Morgan fingerprint density at radius 2 is 1.06 bits per heavy atom. The molecule has 0 spiro atoms. The highest BCUT2D eigenvalue weighted by Gasteiger charge is 2.16. The van der Waals surface area contributed by atoms with Gasteiger partial charge in [0, 0.05) is 6.42 Å². The third kappa shape index (κ3) is 31.2. The molecule has 0 aromatic heterocycles. The Morgan fingerprint density at radius 1 is 0.667 bits per heavy atom. The maximum atomic E-state index is 11.9. The smallest absolute Gasteiger partial charge is 0.264 e. The zero-order valence-corrected chi connectivity index (χ0v) is 22.1. The van der Waals surface area contributed by atoms with Crippen LogP contribution in [0.4, 0.5) is 0 Å². The number of aliphatic hydroxyl groups is 1. The molecule has 0 bridgehead atoms. The summed E-state index contributed by atoms with van der Waals surface area (Å²) in [5.74, 6) is 0.207. The van der Waals surface area contributed by atoms with Crippen molar-refractivity contribution in [2.24, 2.45) is 0 Å². The molecule has 0 unspecified atom stereocenters. The molecule has 0 fully saturated rings. The molecule has 200 valence electrons. The summed E-state index contributed by atoms with van der Waals surface area (Å²) in [4.78, 5) is 9.03. The van der Waals surface area contributed by atoms with Gasteiger partial charge < -0.3 is 25.7 Å². The number of amides is 1. The lowest BCUT2D eigenvalue weighted by molar-refractivity contribution is -0.925. The van der Waals surface area contributed by atoms with Gasteiger partial charge in [0.1, 0.15) is 13.1 Å². The maximum Gasteiger partial charge on any atom is 0.264 e. The third-order valence-corrected chi connectivity index (χ3v) is 5.59. The second-order valence-electron chi connectivity index (χ2n) is 9.70. The van der Waals surface area contributed by atoms with E-state index in [2.05, 4.69) is 33.4 Å². The number of carbonyl (C=O) groups excluding carboxylic acids is 1. The van der Waals surface area contributed by atoms with Crippen LogP contribution < -0.4 is 5.43 Å². The van der Waals surface area contributed by atoms with Crippen molar-refractivity contribution in [3.8, 4) is 0 Å². The summed E-state index contributed by atoms with van der Waals surface area (Å²) in [6, 6.07) is 0. The highest BCUT2D eigenvalue weighted by atomic mass is 17.1. The van der Waals surface area contributed by atoms with E-state index in [1.807, 2.05) is 0 Å². The van der Waals surface area contributed by atoms with Gasteiger partial charge >= 0.3 is 0 Å². The second kappa shape index (κ2) is 23.0.